The monoisotopic (exact) mass is 336 g/mol. The summed E-state index contributed by atoms with van der Waals surface area (Å²) < 4.78 is 1.10. The Bertz CT molecular complexity index is 505. The Hall–Kier alpha value is -1.16. The maximum absolute atomic E-state index is 12.0. The highest BCUT2D eigenvalue weighted by Crippen LogP contribution is 2.11. The van der Waals surface area contributed by atoms with E-state index in [-0.39, 0.29) is 5.78 Å². The third-order valence-electron chi connectivity index (χ3n) is 2.63. The van der Waals surface area contributed by atoms with Crippen LogP contribution >= 0.6 is 22.6 Å². The van der Waals surface area contributed by atoms with Gasteiger partial charge in [-0.1, -0.05) is 42.5 Å². The molecule has 0 bridgehead atoms. The number of hydrogen-bond acceptors (Lipinski definition) is 1. The van der Waals surface area contributed by atoms with Crippen molar-refractivity contribution < 1.29 is 4.79 Å². The van der Waals surface area contributed by atoms with E-state index in [2.05, 4.69) is 34.7 Å². The molecule has 2 aromatic rings. The molecule has 0 atom stereocenters. The number of benzene rings is 2. The third kappa shape index (κ3) is 3.66. The van der Waals surface area contributed by atoms with Crippen LogP contribution in [0.5, 0.6) is 0 Å². The van der Waals surface area contributed by atoms with Crippen molar-refractivity contribution in [1.82, 2.24) is 0 Å². The van der Waals surface area contributed by atoms with Crippen LogP contribution in [0.3, 0.4) is 0 Å². The van der Waals surface area contributed by atoms with E-state index in [1.807, 2.05) is 42.5 Å². The van der Waals surface area contributed by atoms with Crippen LogP contribution in [0.1, 0.15) is 22.3 Å². The topological polar surface area (TPSA) is 17.1 Å². The molecule has 0 radical (unpaired) electrons. The van der Waals surface area contributed by atoms with Crippen molar-refractivity contribution in [2.24, 2.45) is 0 Å². The van der Waals surface area contributed by atoms with Crippen LogP contribution in [0, 0.1) is 3.57 Å². The number of carbonyl (C=O) groups is 1. The van der Waals surface area contributed by atoms with Gasteiger partial charge in [0, 0.05) is 15.6 Å². The highest BCUT2D eigenvalue weighted by atomic mass is 127. The molecule has 2 rings (SSSR count). The number of halogens is 1. The van der Waals surface area contributed by atoms with Crippen LogP contribution in [0.25, 0.3) is 0 Å². The van der Waals surface area contributed by atoms with Crippen LogP contribution < -0.4 is 0 Å². The van der Waals surface area contributed by atoms with E-state index in [1.165, 1.54) is 5.56 Å². The van der Waals surface area contributed by atoms with Gasteiger partial charge in [-0.2, -0.15) is 0 Å². The van der Waals surface area contributed by atoms with Gasteiger partial charge >= 0.3 is 0 Å². The van der Waals surface area contributed by atoms with Gasteiger partial charge in [-0.25, -0.2) is 0 Å². The summed E-state index contributed by atoms with van der Waals surface area (Å²) in [7, 11) is 0. The lowest BCUT2D eigenvalue weighted by Crippen LogP contribution is -2.01. The lowest BCUT2D eigenvalue weighted by Gasteiger charge is -2.02. The summed E-state index contributed by atoms with van der Waals surface area (Å²) in [4.78, 5) is 12.0. The smallest absolute Gasteiger partial charge is 0.163 e. The third-order valence-corrected chi connectivity index (χ3v) is 3.30. The predicted molar refractivity (Wildman–Crippen MR) is 78.3 cm³/mol. The van der Waals surface area contributed by atoms with Gasteiger partial charge in [0.1, 0.15) is 0 Å². The van der Waals surface area contributed by atoms with E-state index in [4.69, 9.17) is 0 Å². The first kappa shape index (κ1) is 12.3. The van der Waals surface area contributed by atoms with Crippen molar-refractivity contribution in [2.45, 2.75) is 12.8 Å². The SMILES string of the molecule is O=C(CCc1ccccc1)c1cccc(I)c1. The Morgan fingerprint density at radius 2 is 1.76 bits per heavy atom. The van der Waals surface area contributed by atoms with Crippen LogP contribution in [0.2, 0.25) is 0 Å². The lowest BCUT2D eigenvalue weighted by molar-refractivity contribution is 0.0983. The van der Waals surface area contributed by atoms with E-state index >= 15 is 0 Å². The number of aryl methyl sites for hydroxylation is 1. The molecule has 0 saturated carbocycles. The molecular formula is C15H13IO. The van der Waals surface area contributed by atoms with Crippen molar-refractivity contribution in [3.63, 3.8) is 0 Å². The molecule has 0 fully saturated rings. The molecule has 17 heavy (non-hydrogen) atoms. The van der Waals surface area contributed by atoms with E-state index in [0.717, 1.165) is 15.6 Å². The van der Waals surface area contributed by atoms with Crippen LogP contribution in [0.15, 0.2) is 54.6 Å². The van der Waals surface area contributed by atoms with Crippen molar-refractivity contribution in [2.75, 3.05) is 0 Å². The molecule has 0 aliphatic heterocycles. The highest BCUT2D eigenvalue weighted by Gasteiger charge is 2.06. The quantitative estimate of drug-likeness (QED) is 0.607. The van der Waals surface area contributed by atoms with Gasteiger partial charge in [0.25, 0.3) is 0 Å². The molecule has 0 spiro atoms. The van der Waals surface area contributed by atoms with E-state index < -0.39 is 0 Å². The molecule has 0 saturated heterocycles. The molecule has 0 unspecified atom stereocenters. The molecule has 2 heteroatoms. The minimum Gasteiger partial charge on any atom is -0.294 e. The second-order valence-corrected chi connectivity index (χ2v) is 5.16. The molecule has 0 aliphatic rings. The average Bonchev–Trinajstić information content (AvgIpc) is 2.37. The van der Waals surface area contributed by atoms with E-state index in [9.17, 15) is 4.79 Å². The Labute approximate surface area is 115 Å². The second-order valence-electron chi connectivity index (χ2n) is 3.92. The Balaban J connectivity index is 1.98. The van der Waals surface area contributed by atoms with Crippen molar-refractivity contribution >= 4 is 28.4 Å². The van der Waals surface area contributed by atoms with Gasteiger partial charge in [-0.3, -0.25) is 4.79 Å². The van der Waals surface area contributed by atoms with Crippen LogP contribution in [0.4, 0.5) is 0 Å². The van der Waals surface area contributed by atoms with Gasteiger partial charge in [0.2, 0.25) is 0 Å². The summed E-state index contributed by atoms with van der Waals surface area (Å²) in [6.07, 6.45) is 1.38. The number of rotatable bonds is 4. The number of ketones is 1. The van der Waals surface area contributed by atoms with Crippen LogP contribution in [-0.2, 0) is 6.42 Å². The molecule has 86 valence electrons. The zero-order chi connectivity index (χ0) is 12.1. The molecule has 1 nitrogen and oxygen atoms in total. The molecule has 0 heterocycles. The standard InChI is InChI=1S/C15H13IO/c16-14-8-4-7-13(11-14)15(17)10-9-12-5-2-1-3-6-12/h1-8,11H,9-10H2. The normalized spacial score (nSPS) is 10.2. The van der Waals surface area contributed by atoms with Gasteiger partial charge in [0.05, 0.1) is 0 Å². The summed E-state index contributed by atoms with van der Waals surface area (Å²) in [6, 6.07) is 17.9. The molecular weight excluding hydrogens is 323 g/mol. The maximum Gasteiger partial charge on any atom is 0.163 e. The average molecular weight is 336 g/mol. The summed E-state index contributed by atoms with van der Waals surface area (Å²) in [5.41, 5.74) is 2.03. The van der Waals surface area contributed by atoms with E-state index in [1.54, 1.807) is 0 Å². The summed E-state index contributed by atoms with van der Waals surface area (Å²) in [5.74, 6) is 0.215. The van der Waals surface area contributed by atoms with Gasteiger partial charge < -0.3 is 0 Å². The van der Waals surface area contributed by atoms with E-state index in [0.29, 0.717) is 6.42 Å². The van der Waals surface area contributed by atoms with Crippen molar-refractivity contribution in [1.29, 1.82) is 0 Å². The zero-order valence-electron chi connectivity index (χ0n) is 9.40. The number of Topliss-reactive ketones (excluding diaryl/α,β-unsaturated/α-hetero) is 1. The first-order valence-corrected chi connectivity index (χ1v) is 6.66. The maximum atomic E-state index is 12.0. The van der Waals surface area contributed by atoms with Gasteiger partial charge in [-0.15, -0.1) is 0 Å². The van der Waals surface area contributed by atoms with Crippen LogP contribution in [-0.4, -0.2) is 5.78 Å². The largest absolute Gasteiger partial charge is 0.294 e. The number of hydrogen-bond donors (Lipinski definition) is 0. The summed E-state index contributed by atoms with van der Waals surface area (Å²) in [5, 5.41) is 0. The molecule has 0 aromatic heterocycles. The predicted octanol–water partition coefficient (Wildman–Crippen LogP) is 4.11. The fourth-order valence-electron chi connectivity index (χ4n) is 1.71. The zero-order valence-corrected chi connectivity index (χ0v) is 11.6. The molecule has 0 aliphatic carbocycles. The van der Waals surface area contributed by atoms with Gasteiger partial charge in [0.15, 0.2) is 5.78 Å². The highest BCUT2D eigenvalue weighted by molar-refractivity contribution is 14.1. The Morgan fingerprint density at radius 1 is 1.00 bits per heavy atom. The first-order valence-electron chi connectivity index (χ1n) is 5.58. The minimum absolute atomic E-state index is 0.215. The molecule has 2 aromatic carbocycles. The Morgan fingerprint density at radius 3 is 2.47 bits per heavy atom. The van der Waals surface area contributed by atoms with Gasteiger partial charge in [-0.05, 0) is 46.7 Å². The minimum atomic E-state index is 0.215. The fraction of sp³-hybridized carbons (Fsp3) is 0.133. The lowest BCUT2D eigenvalue weighted by atomic mass is 10.0. The second kappa shape index (κ2) is 5.96. The van der Waals surface area contributed by atoms with Crippen molar-refractivity contribution in [3.8, 4) is 0 Å². The molecule has 0 N–H and O–H groups in total. The molecule has 0 amide bonds. The summed E-state index contributed by atoms with van der Waals surface area (Å²) >= 11 is 2.23. The van der Waals surface area contributed by atoms with Crippen molar-refractivity contribution in [3.05, 3.63) is 69.3 Å². The fourth-order valence-corrected chi connectivity index (χ4v) is 2.25. The Kier molecular flexibility index (Phi) is 4.31. The summed E-state index contributed by atoms with van der Waals surface area (Å²) in [6.45, 7) is 0. The first-order chi connectivity index (χ1) is 8.25. The number of carbonyl (C=O) groups excluding carboxylic acids is 1.